The molecule has 1 fully saturated rings. The van der Waals surface area contributed by atoms with Gasteiger partial charge in [0.05, 0.1) is 5.56 Å². The average Bonchev–Trinajstić information content (AvgIpc) is 2.97. The Hall–Kier alpha value is -3.96. The number of hydrogen-bond donors (Lipinski definition) is 3. The van der Waals surface area contributed by atoms with Crippen LogP contribution in [0, 0.1) is 5.92 Å². The Labute approximate surface area is 236 Å². The van der Waals surface area contributed by atoms with Crippen molar-refractivity contribution in [3.63, 3.8) is 0 Å². The molecule has 1 aromatic heterocycles. The van der Waals surface area contributed by atoms with Crippen LogP contribution in [0.2, 0.25) is 0 Å². The first-order chi connectivity index (χ1) is 19.7. The first-order valence-electron chi connectivity index (χ1n) is 13.6. The molecule has 2 amide bonds. The Kier molecular flexibility index (Phi) is 8.55. The molecule has 11 heteroatoms. The second kappa shape index (κ2) is 12.3. The standard InChI is InChI=1S/C30H32F3N5O3/c1-34-29(40)27-17-25(8-9-36-27)41-24-7-5-19-2-3-20(14-22(19)15-24)28(39)37-23-6-4-21(26(16-23)30(31,32)33)18-38-12-10-35-11-13-38/h4-9,15-17,20,35H,2-3,10-14,18H2,1H3,(H,34,40)(H,37,39). The SMILES string of the molecule is CNC(=O)c1cc(Oc2ccc3c(c2)CC(C(=O)Nc2ccc(CN4CCNCC4)c(C(F)(F)F)c2)CC3)ccn1. The molecule has 3 N–H and O–H groups in total. The van der Waals surface area contributed by atoms with Gasteiger partial charge in [-0.25, -0.2) is 0 Å². The minimum absolute atomic E-state index is 0.138. The zero-order valence-corrected chi connectivity index (χ0v) is 22.7. The van der Waals surface area contributed by atoms with Crippen molar-refractivity contribution in [2.75, 3.05) is 38.5 Å². The molecule has 0 radical (unpaired) electrons. The van der Waals surface area contributed by atoms with Gasteiger partial charge in [-0.05, 0) is 66.3 Å². The number of amides is 2. The Morgan fingerprint density at radius 2 is 1.83 bits per heavy atom. The predicted octanol–water partition coefficient (Wildman–Crippen LogP) is 4.40. The van der Waals surface area contributed by atoms with Crippen molar-refractivity contribution in [2.24, 2.45) is 5.92 Å². The monoisotopic (exact) mass is 567 g/mol. The van der Waals surface area contributed by atoms with Crippen molar-refractivity contribution in [1.29, 1.82) is 0 Å². The van der Waals surface area contributed by atoms with Crippen LogP contribution in [0.3, 0.4) is 0 Å². The molecule has 1 aliphatic carbocycles. The Bertz CT molecular complexity index is 1420. The van der Waals surface area contributed by atoms with Gasteiger partial charge < -0.3 is 20.7 Å². The number of ether oxygens (including phenoxy) is 1. The zero-order chi connectivity index (χ0) is 29.0. The summed E-state index contributed by atoms with van der Waals surface area (Å²) in [6.45, 7) is 3.07. The number of hydrogen-bond acceptors (Lipinski definition) is 6. The number of alkyl halides is 3. The fraction of sp³-hybridized carbons (Fsp3) is 0.367. The van der Waals surface area contributed by atoms with Crippen molar-refractivity contribution in [2.45, 2.75) is 32.0 Å². The van der Waals surface area contributed by atoms with E-state index in [1.54, 1.807) is 18.2 Å². The molecule has 0 saturated carbocycles. The maximum Gasteiger partial charge on any atom is 0.416 e. The summed E-state index contributed by atoms with van der Waals surface area (Å²) in [5.74, 6) is -0.0349. The van der Waals surface area contributed by atoms with E-state index in [1.807, 2.05) is 23.1 Å². The number of nitrogens with zero attached hydrogens (tertiary/aromatic N) is 2. The molecule has 0 bridgehead atoms. The maximum absolute atomic E-state index is 13.9. The normalized spacial score (nSPS) is 17.4. The van der Waals surface area contributed by atoms with Crippen LogP contribution < -0.4 is 20.7 Å². The molecule has 2 aromatic carbocycles. The Morgan fingerprint density at radius 1 is 1.05 bits per heavy atom. The van der Waals surface area contributed by atoms with Crippen LogP contribution in [0.25, 0.3) is 0 Å². The molecule has 41 heavy (non-hydrogen) atoms. The van der Waals surface area contributed by atoms with E-state index >= 15 is 0 Å². The second-order valence-corrected chi connectivity index (χ2v) is 10.3. The summed E-state index contributed by atoms with van der Waals surface area (Å²) in [7, 11) is 1.52. The highest BCUT2D eigenvalue weighted by atomic mass is 19.4. The molecule has 1 aliphatic heterocycles. The molecule has 2 heterocycles. The molecule has 8 nitrogen and oxygen atoms in total. The highest BCUT2D eigenvalue weighted by Gasteiger charge is 2.34. The summed E-state index contributed by atoms with van der Waals surface area (Å²) in [5.41, 5.74) is 1.88. The van der Waals surface area contributed by atoms with Crippen LogP contribution in [0.1, 0.15) is 39.2 Å². The van der Waals surface area contributed by atoms with Crippen LogP contribution in [0.15, 0.2) is 54.7 Å². The smallest absolute Gasteiger partial charge is 0.416 e. The van der Waals surface area contributed by atoms with E-state index < -0.39 is 17.7 Å². The van der Waals surface area contributed by atoms with E-state index in [2.05, 4.69) is 20.9 Å². The molecule has 2 aliphatic rings. The average molecular weight is 568 g/mol. The third kappa shape index (κ3) is 7.04. The van der Waals surface area contributed by atoms with Crippen molar-refractivity contribution >= 4 is 17.5 Å². The summed E-state index contributed by atoms with van der Waals surface area (Å²) in [6, 6.07) is 12.9. The lowest BCUT2D eigenvalue weighted by molar-refractivity contribution is -0.138. The van der Waals surface area contributed by atoms with Gasteiger partial charge in [-0.1, -0.05) is 12.1 Å². The first kappa shape index (κ1) is 28.6. The van der Waals surface area contributed by atoms with Gasteiger partial charge >= 0.3 is 6.18 Å². The lowest BCUT2D eigenvalue weighted by Gasteiger charge is -2.28. The van der Waals surface area contributed by atoms with Crippen molar-refractivity contribution in [3.05, 3.63) is 82.7 Å². The molecule has 5 rings (SSSR count). The molecule has 0 spiro atoms. The number of halogens is 3. The van der Waals surface area contributed by atoms with Gasteiger partial charge in [0.2, 0.25) is 5.91 Å². The van der Waals surface area contributed by atoms with E-state index in [1.165, 1.54) is 19.3 Å². The molecular weight excluding hydrogens is 535 g/mol. The zero-order valence-electron chi connectivity index (χ0n) is 22.7. The number of aryl methyl sites for hydroxylation is 1. The van der Waals surface area contributed by atoms with E-state index in [-0.39, 0.29) is 35.3 Å². The quantitative estimate of drug-likeness (QED) is 0.392. The number of pyridine rings is 1. The van der Waals surface area contributed by atoms with Gasteiger partial charge in [0.15, 0.2) is 0 Å². The number of piperazine rings is 1. The van der Waals surface area contributed by atoms with Gasteiger partial charge in [-0.3, -0.25) is 19.5 Å². The largest absolute Gasteiger partial charge is 0.457 e. The van der Waals surface area contributed by atoms with E-state index in [4.69, 9.17) is 4.74 Å². The Balaban J connectivity index is 1.26. The lowest BCUT2D eigenvalue weighted by Crippen LogP contribution is -2.43. The molecule has 216 valence electrons. The molecule has 1 atom stereocenters. The van der Waals surface area contributed by atoms with Crippen LogP contribution >= 0.6 is 0 Å². The van der Waals surface area contributed by atoms with Crippen molar-refractivity contribution < 1.29 is 27.5 Å². The first-order valence-corrected chi connectivity index (χ1v) is 13.6. The van der Waals surface area contributed by atoms with Crippen LogP contribution in [0.5, 0.6) is 11.5 Å². The molecule has 1 saturated heterocycles. The van der Waals surface area contributed by atoms with E-state index in [0.717, 1.165) is 30.3 Å². The number of fused-ring (bicyclic) bond motifs is 1. The third-order valence-electron chi connectivity index (χ3n) is 7.49. The van der Waals surface area contributed by atoms with Crippen LogP contribution in [-0.2, 0) is 30.4 Å². The number of rotatable bonds is 7. The van der Waals surface area contributed by atoms with Crippen molar-refractivity contribution in [3.8, 4) is 11.5 Å². The third-order valence-corrected chi connectivity index (χ3v) is 7.49. The summed E-state index contributed by atoms with van der Waals surface area (Å²) in [6.07, 6.45) is -1.35. The minimum atomic E-state index is -4.53. The Morgan fingerprint density at radius 3 is 2.59 bits per heavy atom. The molecule has 3 aromatic rings. The summed E-state index contributed by atoms with van der Waals surface area (Å²) in [4.78, 5) is 31.1. The van der Waals surface area contributed by atoms with Gasteiger partial charge in [-0.15, -0.1) is 0 Å². The lowest BCUT2D eigenvalue weighted by atomic mass is 9.83. The minimum Gasteiger partial charge on any atom is -0.457 e. The summed E-state index contributed by atoms with van der Waals surface area (Å²) in [5, 5.41) is 8.45. The van der Waals surface area contributed by atoms with Gasteiger partial charge in [-0.2, -0.15) is 13.2 Å². The number of aromatic nitrogens is 1. The summed E-state index contributed by atoms with van der Waals surface area (Å²) >= 11 is 0. The van der Waals surface area contributed by atoms with E-state index in [0.29, 0.717) is 43.9 Å². The summed E-state index contributed by atoms with van der Waals surface area (Å²) < 4.78 is 47.8. The topological polar surface area (TPSA) is 95.6 Å². The second-order valence-electron chi connectivity index (χ2n) is 10.3. The van der Waals surface area contributed by atoms with Gasteiger partial charge in [0, 0.05) is 63.6 Å². The van der Waals surface area contributed by atoms with Crippen LogP contribution in [0.4, 0.5) is 18.9 Å². The molecular formula is C30H32F3N5O3. The van der Waals surface area contributed by atoms with Crippen LogP contribution in [-0.4, -0.2) is 54.9 Å². The highest BCUT2D eigenvalue weighted by Crippen LogP contribution is 2.35. The fourth-order valence-corrected chi connectivity index (χ4v) is 5.29. The van der Waals surface area contributed by atoms with Crippen molar-refractivity contribution in [1.82, 2.24) is 20.5 Å². The van der Waals surface area contributed by atoms with E-state index in [9.17, 15) is 22.8 Å². The number of carbonyl (C=O) groups excluding carboxylic acids is 2. The maximum atomic E-state index is 13.9. The van der Waals surface area contributed by atoms with Gasteiger partial charge in [0.1, 0.15) is 17.2 Å². The fourth-order valence-electron chi connectivity index (χ4n) is 5.29. The number of benzene rings is 2. The molecule has 1 unspecified atom stereocenters. The number of anilines is 1. The number of nitrogens with one attached hydrogen (secondary N) is 3. The van der Waals surface area contributed by atoms with Gasteiger partial charge in [0.25, 0.3) is 5.91 Å². The predicted molar refractivity (Wildman–Crippen MR) is 148 cm³/mol. The number of carbonyl (C=O) groups is 2. The highest BCUT2D eigenvalue weighted by molar-refractivity contribution is 5.93.